The largest absolute Gasteiger partial charge is 0.340 e. The maximum atomic E-state index is 12.2. The lowest BCUT2D eigenvalue weighted by Gasteiger charge is -2.17. The number of carbonyl (C=O) groups excluding carboxylic acids is 1. The third-order valence-electron chi connectivity index (χ3n) is 4.45. The summed E-state index contributed by atoms with van der Waals surface area (Å²) in [6, 6.07) is 10.3. The molecule has 1 aliphatic rings. The van der Waals surface area contributed by atoms with Crippen molar-refractivity contribution in [1.82, 2.24) is 20.4 Å². The van der Waals surface area contributed by atoms with E-state index in [1.54, 1.807) is 6.92 Å². The second-order valence-corrected chi connectivity index (χ2v) is 6.34. The highest BCUT2D eigenvalue weighted by Crippen LogP contribution is 2.21. The molecule has 0 spiro atoms. The first-order valence-electron chi connectivity index (χ1n) is 8.56. The summed E-state index contributed by atoms with van der Waals surface area (Å²) in [6.07, 6.45) is 3.71. The summed E-state index contributed by atoms with van der Waals surface area (Å²) in [5.41, 5.74) is 1.24. The van der Waals surface area contributed by atoms with Crippen LogP contribution in [0.3, 0.4) is 0 Å². The number of carbonyl (C=O) groups is 1. The van der Waals surface area contributed by atoms with E-state index in [2.05, 4.69) is 27.6 Å². The van der Waals surface area contributed by atoms with E-state index in [0.29, 0.717) is 18.4 Å². The van der Waals surface area contributed by atoms with Gasteiger partial charge >= 0.3 is 6.03 Å². The first kappa shape index (κ1) is 16.5. The standard InChI is InChI=1S/C18H24N4O2/c1-14-20-17(21-24-14)8-7-16-10-12-22(13-16)18(23)19-11-9-15-5-3-2-4-6-15/h2-6,16H,7-13H2,1H3,(H,19,23). The second-order valence-electron chi connectivity index (χ2n) is 6.34. The molecular weight excluding hydrogens is 304 g/mol. The van der Waals surface area contributed by atoms with Gasteiger partial charge in [-0.2, -0.15) is 4.98 Å². The van der Waals surface area contributed by atoms with Crippen LogP contribution < -0.4 is 5.32 Å². The molecule has 0 aliphatic carbocycles. The quantitative estimate of drug-likeness (QED) is 0.885. The number of hydrogen-bond acceptors (Lipinski definition) is 4. The van der Waals surface area contributed by atoms with E-state index in [-0.39, 0.29) is 6.03 Å². The van der Waals surface area contributed by atoms with Crippen molar-refractivity contribution in [2.75, 3.05) is 19.6 Å². The third kappa shape index (κ3) is 4.57. The Balaban J connectivity index is 1.36. The zero-order chi connectivity index (χ0) is 16.8. The van der Waals surface area contributed by atoms with Gasteiger partial charge in [0.05, 0.1) is 0 Å². The molecule has 2 heterocycles. The lowest BCUT2D eigenvalue weighted by molar-refractivity contribution is 0.207. The Bertz CT molecular complexity index is 656. The monoisotopic (exact) mass is 328 g/mol. The molecule has 1 saturated heterocycles. The number of hydrogen-bond donors (Lipinski definition) is 1. The van der Waals surface area contributed by atoms with Gasteiger partial charge in [-0.05, 0) is 30.7 Å². The molecule has 6 nitrogen and oxygen atoms in total. The van der Waals surface area contributed by atoms with Crippen LogP contribution in [-0.4, -0.2) is 40.7 Å². The molecule has 1 unspecified atom stereocenters. The molecular formula is C18H24N4O2. The lowest BCUT2D eigenvalue weighted by atomic mass is 10.0. The van der Waals surface area contributed by atoms with Gasteiger partial charge < -0.3 is 14.7 Å². The van der Waals surface area contributed by atoms with Crippen molar-refractivity contribution in [3.63, 3.8) is 0 Å². The molecule has 1 aromatic carbocycles. The van der Waals surface area contributed by atoms with E-state index in [1.165, 1.54) is 5.56 Å². The van der Waals surface area contributed by atoms with Crippen LogP contribution in [-0.2, 0) is 12.8 Å². The maximum Gasteiger partial charge on any atom is 0.317 e. The van der Waals surface area contributed by atoms with E-state index in [4.69, 9.17) is 4.52 Å². The Morgan fingerprint density at radius 3 is 2.92 bits per heavy atom. The molecule has 1 atom stereocenters. The summed E-state index contributed by atoms with van der Waals surface area (Å²) in [6.45, 7) is 4.11. The minimum absolute atomic E-state index is 0.0452. The topological polar surface area (TPSA) is 71.3 Å². The Labute approximate surface area is 142 Å². The van der Waals surface area contributed by atoms with E-state index in [0.717, 1.165) is 44.6 Å². The van der Waals surface area contributed by atoms with Gasteiger partial charge in [0.1, 0.15) is 0 Å². The van der Waals surface area contributed by atoms with Gasteiger partial charge in [-0.15, -0.1) is 0 Å². The average Bonchev–Trinajstić information content (AvgIpc) is 3.23. The van der Waals surface area contributed by atoms with Crippen LogP contribution in [0.5, 0.6) is 0 Å². The zero-order valence-corrected chi connectivity index (χ0v) is 14.1. The highest BCUT2D eigenvalue weighted by molar-refractivity contribution is 5.74. The number of likely N-dealkylation sites (tertiary alicyclic amines) is 1. The molecule has 2 aromatic rings. The molecule has 128 valence electrons. The smallest absolute Gasteiger partial charge is 0.317 e. The molecule has 3 rings (SSSR count). The summed E-state index contributed by atoms with van der Waals surface area (Å²) in [7, 11) is 0. The number of nitrogens with one attached hydrogen (secondary N) is 1. The van der Waals surface area contributed by atoms with Crippen LogP contribution in [0.2, 0.25) is 0 Å². The first-order valence-corrected chi connectivity index (χ1v) is 8.56. The fraction of sp³-hybridized carbons (Fsp3) is 0.500. The Morgan fingerprint density at radius 1 is 1.33 bits per heavy atom. The predicted molar refractivity (Wildman–Crippen MR) is 90.6 cm³/mol. The molecule has 1 fully saturated rings. The highest BCUT2D eigenvalue weighted by atomic mass is 16.5. The van der Waals surface area contributed by atoms with E-state index in [9.17, 15) is 4.79 Å². The molecule has 0 radical (unpaired) electrons. The number of nitrogens with zero attached hydrogens (tertiary/aromatic N) is 3. The predicted octanol–water partition coefficient (Wildman–Crippen LogP) is 2.58. The van der Waals surface area contributed by atoms with Crippen LogP contribution in [0.25, 0.3) is 0 Å². The maximum absolute atomic E-state index is 12.2. The van der Waals surface area contributed by atoms with Crippen LogP contribution in [0, 0.1) is 12.8 Å². The van der Waals surface area contributed by atoms with Crippen molar-refractivity contribution >= 4 is 6.03 Å². The fourth-order valence-corrected chi connectivity index (χ4v) is 3.10. The van der Waals surface area contributed by atoms with Crippen molar-refractivity contribution in [3.05, 3.63) is 47.6 Å². The second kappa shape index (κ2) is 7.95. The number of amides is 2. The Kier molecular flexibility index (Phi) is 5.46. The van der Waals surface area contributed by atoms with Gasteiger partial charge in [0.2, 0.25) is 5.89 Å². The summed E-state index contributed by atoms with van der Waals surface area (Å²) < 4.78 is 4.98. The van der Waals surface area contributed by atoms with Crippen LogP contribution >= 0.6 is 0 Å². The highest BCUT2D eigenvalue weighted by Gasteiger charge is 2.26. The minimum atomic E-state index is 0.0452. The van der Waals surface area contributed by atoms with Gasteiger partial charge in [0, 0.05) is 33.0 Å². The summed E-state index contributed by atoms with van der Waals surface area (Å²) in [5.74, 6) is 1.89. The summed E-state index contributed by atoms with van der Waals surface area (Å²) >= 11 is 0. The molecule has 0 saturated carbocycles. The molecule has 6 heteroatoms. The Morgan fingerprint density at radius 2 is 2.17 bits per heavy atom. The van der Waals surface area contributed by atoms with E-state index >= 15 is 0 Å². The Hall–Kier alpha value is -2.37. The van der Waals surface area contributed by atoms with E-state index < -0.39 is 0 Å². The average molecular weight is 328 g/mol. The van der Waals surface area contributed by atoms with Crippen LogP contribution in [0.15, 0.2) is 34.9 Å². The van der Waals surface area contributed by atoms with Crippen molar-refractivity contribution in [2.45, 2.75) is 32.6 Å². The zero-order valence-electron chi connectivity index (χ0n) is 14.1. The van der Waals surface area contributed by atoms with E-state index in [1.807, 2.05) is 23.1 Å². The van der Waals surface area contributed by atoms with Crippen LogP contribution in [0.4, 0.5) is 4.79 Å². The molecule has 1 aromatic heterocycles. The van der Waals surface area contributed by atoms with Gasteiger partial charge in [-0.25, -0.2) is 4.79 Å². The summed E-state index contributed by atoms with van der Waals surface area (Å²) in [4.78, 5) is 18.4. The van der Waals surface area contributed by atoms with Crippen molar-refractivity contribution in [3.8, 4) is 0 Å². The van der Waals surface area contributed by atoms with Gasteiger partial charge in [0.25, 0.3) is 0 Å². The number of rotatable bonds is 6. The molecule has 1 N–H and O–H groups in total. The van der Waals surface area contributed by atoms with Gasteiger partial charge in [-0.1, -0.05) is 35.5 Å². The first-order chi connectivity index (χ1) is 11.7. The molecule has 24 heavy (non-hydrogen) atoms. The summed E-state index contributed by atoms with van der Waals surface area (Å²) in [5, 5.41) is 6.94. The number of benzene rings is 1. The number of aryl methyl sites for hydroxylation is 2. The van der Waals surface area contributed by atoms with Gasteiger partial charge in [-0.3, -0.25) is 0 Å². The number of urea groups is 1. The minimum Gasteiger partial charge on any atom is -0.340 e. The van der Waals surface area contributed by atoms with Crippen molar-refractivity contribution < 1.29 is 9.32 Å². The van der Waals surface area contributed by atoms with Crippen molar-refractivity contribution in [1.29, 1.82) is 0 Å². The fourth-order valence-electron chi connectivity index (χ4n) is 3.10. The van der Waals surface area contributed by atoms with Crippen LogP contribution in [0.1, 0.15) is 30.1 Å². The SMILES string of the molecule is Cc1nc(CCC2CCN(C(=O)NCCc3ccccc3)C2)no1. The lowest BCUT2D eigenvalue weighted by Crippen LogP contribution is -2.39. The molecule has 2 amide bonds. The normalized spacial score (nSPS) is 17.2. The molecule has 1 aliphatic heterocycles. The molecule has 0 bridgehead atoms. The van der Waals surface area contributed by atoms with Gasteiger partial charge in [0.15, 0.2) is 5.82 Å². The van der Waals surface area contributed by atoms with Crippen molar-refractivity contribution in [2.24, 2.45) is 5.92 Å². The third-order valence-corrected chi connectivity index (χ3v) is 4.45. The number of aromatic nitrogens is 2.